The van der Waals surface area contributed by atoms with Crippen LogP contribution in [0.2, 0.25) is 15.1 Å². The van der Waals surface area contributed by atoms with Crippen LogP contribution in [-0.4, -0.2) is 4.98 Å². The number of aromatic nitrogens is 1. The monoisotopic (exact) mass is 306 g/mol. The minimum absolute atomic E-state index is 0.505. The Hall–Kier alpha value is -0.320. The number of hydrogen-bond donors (Lipinski definition) is 1. The summed E-state index contributed by atoms with van der Waals surface area (Å²) >= 11 is 19.7. The van der Waals surface area contributed by atoms with E-state index in [-0.39, 0.29) is 0 Å². The van der Waals surface area contributed by atoms with Gasteiger partial charge in [-0.1, -0.05) is 34.8 Å². The molecule has 0 unspecified atom stereocenters. The third-order valence-electron chi connectivity index (χ3n) is 2.20. The second-order valence-electron chi connectivity index (χ2n) is 3.35. The van der Waals surface area contributed by atoms with E-state index in [0.717, 1.165) is 10.6 Å². The van der Waals surface area contributed by atoms with Crippen LogP contribution in [0.4, 0.5) is 0 Å². The highest BCUT2D eigenvalue weighted by molar-refractivity contribution is 7.09. The smallest absolute Gasteiger partial charge is 0.106 e. The molecule has 0 aliphatic rings. The summed E-state index contributed by atoms with van der Waals surface area (Å²) < 4.78 is 0. The first-order chi connectivity index (χ1) is 8.18. The fourth-order valence-corrected chi connectivity index (χ4v) is 2.63. The second-order valence-corrected chi connectivity index (χ2v) is 5.52. The summed E-state index contributed by atoms with van der Waals surface area (Å²) in [6, 6.07) is 3.44. The van der Waals surface area contributed by atoms with Crippen molar-refractivity contribution < 1.29 is 0 Å². The molecule has 2 aromatic rings. The lowest BCUT2D eigenvalue weighted by Crippen LogP contribution is -2.13. The predicted octanol–water partition coefficient (Wildman–Crippen LogP) is 4.39. The van der Waals surface area contributed by atoms with E-state index in [0.29, 0.717) is 28.2 Å². The van der Waals surface area contributed by atoms with Crippen molar-refractivity contribution >= 4 is 46.1 Å². The molecule has 0 amide bonds. The van der Waals surface area contributed by atoms with Gasteiger partial charge in [0.05, 0.1) is 10.0 Å². The summed E-state index contributed by atoms with van der Waals surface area (Å²) in [7, 11) is 0. The molecule has 1 N–H and O–H groups in total. The predicted molar refractivity (Wildman–Crippen MR) is 74.1 cm³/mol. The molecule has 1 heterocycles. The summed E-state index contributed by atoms with van der Waals surface area (Å²) in [5.41, 5.74) is 0.817. The van der Waals surface area contributed by atoms with E-state index in [1.165, 1.54) is 0 Å². The summed E-state index contributed by atoms with van der Waals surface area (Å²) in [6.07, 6.45) is 1.78. The first-order valence-electron chi connectivity index (χ1n) is 4.90. The molecule has 0 fully saturated rings. The van der Waals surface area contributed by atoms with Gasteiger partial charge >= 0.3 is 0 Å². The van der Waals surface area contributed by atoms with E-state index in [9.17, 15) is 0 Å². The summed E-state index contributed by atoms with van der Waals surface area (Å²) in [5, 5.41) is 7.84. The number of thiazole rings is 1. The van der Waals surface area contributed by atoms with E-state index >= 15 is 0 Å². The zero-order chi connectivity index (χ0) is 12.3. The molecular formula is C11H9Cl3N2S. The average molecular weight is 308 g/mol. The van der Waals surface area contributed by atoms with Gasteiger partial charge in [0, 0.05) is 35.3 Å². The number of nitrogens with zero attached hydrogens (tertiary/aromatic N) is 1. The highest BCUT2D eigenvalue weighted by Crippen LogP contribution is 2.31. The van der Waals surface area contributed by atoms with E-state index in [2.05, 4.69) is 10.3 Å². The van der Waals surface area contributed by atoms with E-state index in [1.54, 1.807) is 29.7 Å². The Morgan fingerprint density at radius 2 is 1.88 bits per heavy atom. The molecule has 1 aromatic heterocycles. The van der Waals surface area contributed by atoms with Crippen LogP contribution in [0.5, 0.6) is 0 Å². The molecule has 0 saturated carbocycles. The van der Waals surface area contributed by atoms with Crippen molar-refractivity contribution in [3.8, 4) is 0 Å². The molecule has 6 heteroatoms. The van der Waals surface area contributed by atoms with Crippen molar-refractivity contribution in [2.45, 2.75) is 13.1 Å². The SMILES string of the molecule is Clc1ccc(Cl)c(CNCc2nccs2)c1Cl. The quantitative estimate of drug-likeness (QED) is 0.847. The summed E-state index contributed by atoms with van der Waals surface area (Å²) in [5.74, 6) is 0. The highest BCUT2D eigenvalue weighted by atomic mass is 35.5. The lowest BCUT2D eigenvalue weighted by Gasteiger charge is -2.09. The standard InChI is InChI=1S/C11H9Cl3N2S/c12-8-1-2-9(13)11(14)7(8)5-15-6-10-16-3-4-17-10/h1-4,15H,5-6H2. The van der Waals surface area contributed by atoms with Gasteiger partial charge in [-0.15, -0.1) is 11.3 Å². The fourth-order valence-electron chi connectivity index (χ4n) is 1.37. The van der Waals surface area contributed by atoms with Gasteiger partial charge in [-0.25, -0.2) is 4.98 Å². The zero-order valence-corrected chi connectivity index (χ0v) is 11.8. The van der Waals surface area contributed by atoms with Gasteiger partial charge in [-0.3, -0.25) is 0 Å². The first-order valence-corrected chi connectivity index (χ1v) is 6.91. The number of hydrogen-bond acceptors (Lipinski definition) is 3. The number of benzene rings is 1. The molecule has 0 saturated heterocycles. The summed E-state index contributed by atoms with van der Waals surface area (Å²) in [4.78, 5) is 4.17. The molecule has 1 aromatic carbocycles. The molecule has 0 aliphatic heterocycles. The van der Waals surface area contributed by atoms with Gasteiger partial charge in [0.15, 0.2) is 0 Å². The third kappa shape index (κ3) is 3.33. The second kappa shape index (κ2) is 6.03. The van der Waals surface area contributed by atoms with Crippen LogP contribution >= 0.6 is 46.1 Å². The van der Waals surface area contributed by atoms with Crippen LogP contribution in [0, 0.1) is 0 Å². The maximum absolute atomic E-state index is 6.09. The van der Waals surface area contributed by atoms with E-state index in [1.807, 2.05) is 5.38 Å². The molecule has 2 rings (SSSR count). The molecule has 0 radical (unpaired) electrons. The topological polar surface area (TPSA) is 24.9 Å². The number of halogens is 3. The molecule has 17 heavy (non-hydrogen) atoms. The Kier molecular flexibility index (Phi) is 4.65. The Bertz CT molecular complexity index is 500. The van der Waals surface area contributed by atoms with Crippen molar-refractivity contribution in [3.63, 3.8) is 0 Å². The average Bonchev–Trinajstić information content (AvgIpc) is 2.81. The Morgan fingerprint density at radius 3 is 2.59 bits per heavy atom. The molecular weight excluding hydrogens is 299 g/mol. The lowest BCUT2D eigenvalue weighted by molar-refractivity contribution is 0.690. The van der Waals surface area contributed by atoms with E-state index < -0.39 is 0 Å². The Labute approximate surface area is 119 Å². The minimum atomic E-state index is 0.505. The van der Waals surface area contributed by atoms with Crippen LogP contribution in [0.1, 0.15) is 10.6 Å². The highest BCUT2D eigenvalue weighted by Gasteiger charge is 2.09. The van der Waals surface area contributed by atoms with Crippen molar-refractivity contribution in [3.05, 3.63) is 49.3 Å². The largest absolute Gasteiger partial charge is 0.306 e. The summed E-state index contributed by atoms with van der Waals surface area (Å²) in [6.45, 7) is 1.26. The van der Waals surface area contributed by atoms with Gasteiger partial charge in [-0.05, 0) is 12.1 Å². The van der Waals surface area contributed by atoms with Crippen LogP contribution in [0.15, 0.2) is 23.7 Å². The Balaban J connectivity index is 2.01. The first kappa shape index (κ1) is 13.1. The zero-order valence-electron chi connectivity index (χ0n) is 8.71. The van der Waals surface area contributed by atoms with Gasteiger partial charge in [-0.2, -0.15) is 0 Å². The molecule has 0 atom stereocenters. The van der Waals surface area contributed by atoms with Crippen molar-refractivity contribution in [1.29, 1.82) is 0 Å². The molecule has 0 spiro atoms. The van der Waals surface area contributed by atoms with Gasteiger partial charge in [0.2, 0.25) is 0 Å². The number of rotatable bonds is 4. The van der Waals surface area contributed by atoms with Crippen LogP contribution in [-0.2, 0) is 13.1 Å². The van der Waals surface area contributed by atoms with Crippen LogP contribution in [0.25, 0.3) is 0 Å². The fraction of sp³-hybridized carbons (Fsp3) is 0.182. The van der Waals surface area contributed by atoms with Gasteiger partial charge in [0.1, 0.15) is 5.01 Å². The molecule has 0 aliphatic carbocycles. The van der Waals surface area contributed by atoms with E-state index in [4.69, 9.17) is 34.8 Å². The van der Waals surface area contributed by atoms with Crippen LogP contribution < -0.4 is 5.32 Å². The van der Waals surface area contributed by atoms with Gasteiger partial charge in [0.25, 0.3) is 0 Å². The minimum Gasteiger partial charge on any atom is -0.306 e. The van der Waals surface area contributed by atoms with Gasteiger partial charge < -0.3 is 5.32 Å². The Morgan fingerprint density at radius 1 is 1.12 bits per heavy atom. The maximum atomic E-state index is 6.09. The lowest BCUT2D eigenvalue weighted by atomic mass is 10.2. The van der Waals surface area contributed by atoms with Crippen molar-refractivity contribution in [1.82, 2.24) is 10.3 Å². The molecule has 2 nitrogen and oxygen atoms in total. The van der Waals surface area contributed by atoms with Crippen molar-refractivity contribution in [2.75, 3.05) is 0 Å². The maximum Gasteiger partial charge on any atom is 0.106 e. The number of nitrogens with one attached hydrogen (secondary N) is 1. The normalized spacial score (nSPS) is 10.8. The van der Waals surface area contributed by atoms with Crippen molar-refractivity contribution in [2.24, 2.45) is 0 Å². The molecule has 90 valence electrons. The third-order valence-corrected chi connectivity index (χ3v) is 4.18. The van der Waals surface area contributed by atoms with Crippen LogP contribution in [0.3, 0.4) is 0 Å². The molecule has 0 bridgehead atoms.